The number of hydrogen-bond donors (Lipinski definition) is 0. The van der Waals surface area contributed by atoms with Crippen molar-refractivity contribution in [2.24, 2.45) is 0 Å². The average Bonchev–Trinajstić information content (AvgIpc) is 3.46. The molecule has 0 amide bonds. The van der Waals surface area contributed by atoms with Gasteiger partial charge in [-0.25, -0.2) is 0 Å². The van der Waals surface area contributed by atoms with Crippen molar-refractivity contribution in [1.82, 2.24) is 0 Å². The molecule has 79 heavy (non-hydrogen) atoms. The minimum Gasteiger partial charge on any atom is -0.125 e. The van der Waals surface area contributed by atoms with E-state index in [1.165, 1.54) is 437 Å². The molecule has 0 saturated heterocycles. The summed E-state index contributed by atoms with van der Waals surface area (Å²) in [7, 11) is 0. The molecule has 3 heteroatoms. The molecule has 0 N–H and O–H groups in total. The van der Waals surface area contributed by atoms with Crippen LogP contribution in [0.25, 0.3) is 0 Å². The molecular weight excluding hydrogens is 1010 g/mol. The summed E-state index contributed by atoms with van der Waals surface area (Å²) in [4.78, 5) is 4.67. The zero-order chi connectivity index (χ0) is 56.5. The van der Waals surface area contributed by atoms with Crippen molar-refractivity contribution in [2.75, 3.05) is 17.3 Å². The van der Waals surface area contributed by atoms with E-state index in [-0.39, 0.29) is 0 Å². The molecule has 0 saturated carbocycles. The Hall–Kier alpha value is 0.270. The fraction of sp³-hybridized carbons (Fsp3) is 0.908. The van der Waals surface area contributed by atoms with Crippen LogP contribution in [-0.2, 0) is 0 Å². The zero-order valence-corrected chi connectivity index (χ0v) is 57.2. The molecule has 0 fully saturated rings. The Labute approximate surface area is 513 Å². The first-order valence-electron chi connectivity index (χ1n) is 37.1. The van der Waals surface area contributed by atoms with E-state index in [0.717, 1.165) is 0 Å². The molecule has 0 unspecified atom stereocenters. The third-order valence-electron chi connectivity index (χ3n) is 17.6. The van der Waals surface area contributed by atoms with Gasteiger partial charge in [0.25, 0.3) is 0 Å². The molecule has 0 aliphatic carbocycles. The standard InChI is InChI=1S/C76H145S3/c1-5-8-11-14-17-20-23-26-29-32-35-38-41-44-47-50-53-56-59-62-65-68-77-74-71-73(4)72-75(78-69-66-63-60-57-54-51-48-45-42-39-36-33-30-27-24-21-18-15-12-9-6-2)76(74)79-70-67-64-61-58-55-52-49-46-43-40-37-34-31-28-25-22-19-16-13-10-7-3/h71-72H,4-70H2,1-3H3. The summed E-state index contributed by atoms with van der Waals surface area (Å²) < 4.78 is 0. The highest BCUT2D eigenvalue weighted by Crippen LogP contribution is 2.41. The van der Waals surface area contributed by atoms with Gasteiger partial charge in [0.15, 0.2) is 0 Å². The lowest BCUT2D eigenvalue weighted by Gasteiger charge is -2.16. The van der Waals surface area contributed by atoms with Gasteiger partial charge in [-0.05, 0) is 61.1 Å². The second kappa shape index (κ2) is 67.4. The molecule has 0 spiro atoms. The van der Waals surface area contributed by atoms with Gasteiger partial charge in [0, 0.05) is 14.7 Å². The first kappa shape index (κ1) is 77.3. The van der Waals surface area contributed by atoms with E-state index < -0.39 is 0 Å². The summed E-state index contributed by atoms with van der Waals surface area (Å²) in [5.74, 6) is 3.80. The fourth-order valence-electron chi connectivity index (χ4n) is 12.1. The van der Waals surface area contributed by atoms with E-state index in [4.69, 9.17) is 0 Å². The molecule has 0 heterocycles. The minimum absolute atomic E-state index is 1.22. The predicted octanol–water partition coefficient (Wildman–Crippen LogP) is 29.8. The molecular formula is C76H145S3. The minimum atomic E-state index is 1.22. The Balaban J connectivity index is 2.29. The number of benzene rings is 1. The van der Waals surface area contributed by atoms with Crippen LogP contribution in [-0.4, -0.2) is 17.3 Å². The molecule has 0 aliphatic heterocycles. The Bertz CT molecular complexity index is 1210. The van der Waals surface area contributed by atoms with E-state index in [1.807, 2.05) is 0 Å². The number of unbranched alkanes of at least 4 members (excludes halogenated alkanes) is 60. The van der Waals surface area contributed by atoms with Crippen molar-refractivity contribution >= 4 is 35.3 Å². The average molecular weight is 1160 g/mol. The van der Waals surface area contributed by atoms with E-state index in [0.29, 0.717) is 0 Å². The molecule has 1 rings (SSSR count). The molecule has 1 radical (unpaired) electrons. The van der Waals surface area contributed by atoms with Crippen LogP contribution in [0.15, 0.2) is 26.8 Å². The third kappa shape index (κ3) is 58.4. The highest BCUT2D eigenvalue weighted by atomic mass is 32.2. The summed E-state index contributed by atoms with van der Waals surface area (Å²) in [6, 6.07) is 4.87. The van der Waals surface area contributed by atoms with Gasteiger partial charge in [0.2, 0.25) is 0 Å². The molecule has 0 nitrogen and oxygen atoms in total. The van der Waals surface area contributed by atoms with E-state index >= 15 is 0 Å². The highest BCUT2D eigenvalue weighted by Gasteiger charge is 2.13. The van der Waals surface area contributed by atoms with Crippen LogP contribution in [0.3, 0.4) is 0 Å². The van der Waals surface area contributed by atoms with Crippen molar-refractivity contribution in [1.29, 1.82) is 0 Å². The van der Waals surface area contributed by atoms with Crippen LogP contribution >= 0.6 is 35.3 Å². The number of thioether (sulfide) groups is 3. The molecule has 0 bridgehead atoms. The molecule has 467 valence electrons. The van der Waals surface area contributed by atoms with E-state index in [9.17, 15) is 0 Å². The molecule has 0 atom stereocenters. The topological polar surface area (TPSA) is 0 Å². The molecule has 0 aliphatic rings. The summed E-state index contributed by atoms with van der Waals surface area (Å²) in [6.45, 7) is 11.5. The smallest absolute Gasteiger partial charge is 0.0344 e. The monoisotopic (exact) mass is 1150 g/mol. The lowest BCUT2D eigenvalue weighted by Crippen LogP contribution is -1.92. The Morgan fingerprint density at radius 3 is 0.506 bits per heavy atom. The van der Waals surface area contributed by atoms with Gasteiger partial charge in [-0.2, -0.15) is 0 Å². The van der Waals surface area contributed by atoms with Crippen molar-refractivity contribution in [3.63, 3.8) is 0 Å². The molecule has 1 aromatic rings. The third-order valence-corrected chi connectivity index (χ3v) is 21.3. The van der Waals surface area contributed by atoms with Gasteiger partial charge in [0.05, 0.1) is 0 Å². The van der Waals surface area contributed by atoms with Gasteiger partial charge in [0.1, 0.15) is 0 Å². The van der Waals surface area contributed by atoms with E-state index in [2.05, 4.69) is 75.1 Å². The summed E-state index contributed by atoms with van der Waals surface area (Å²) >= 11 is 6.49. The van der Waals surface area contributed by atoms with Gasteiger partial charge in [-0.3, -0.25) is 0 Å². The second-order valence-corrected chi connectivity index (χ2v) is 29.1. The molecule has 1 aromatic carbocycles. The number of rotatable bonds is 69. The van der Waals surface area contributed by atoms with Gasteiger partial charge >= 0.3 is 0 Å². The van der Waals surface area contributed by atoms with Gasteiger partial charge in [-0.1, -0.05) is 406 Å². The Kier molecular flexibility index (Phi) is 65.9. The van der Waals surface area contributed by atoms with Crippen LogP contribution in [0.4, 0.5) is 0 Å². The fourth-order valence-corrected chi connectivity index (χ4v) is 15.9. The quantitative estimate of drug-likeness (QED) is 0.0471. The maximum Gasteiger partial charge on any atom is 0.0344 e. The largest absolute Gasteiger partial charge is 0.125 e. The summed E-state index contributed by atoms with van der Waals surface area (Å²) in [5, 5.41) is 0. The van der Waals surface area contributed by atoms with E-state index in [1.54, 1.807) is 4.90 Å². The van der Waals surface area contributed by atoms with Gasteiger partial charge < -0.3 is 0 Å². The normalized spacial score (nSPS) is 11.7. The van der Waals surface area contributed by atoms with Gasteiger partial charge in [-0.15, -0.1) is 35.3 Å². The van der Waals surface area contributed by atoms with Crippen LogP contribution in [0, 0.1) is 6.92 Å². The molecule has 0 aromatic heterocycles. The zero-order valence-electron chi connectivity index (χ0n) is 54.8. The number of hydrogen-bond acceptors (Lipinski definition) is 3. The lowest BCUT2D eigenvalue weighted by molar-refractivity contribution is 0.521. The summed E-state index contributed by atoms with van der Waals surface area (Å²) in [6.07, 6.45) is 91.6. The van der Waals surface area contributed by atoms with Crippen molar-refractivity contribution in [2.45, 2.75) is 440 Å². The second-order valence-electron chi connectivity index (χ2n) is 25.7. The first-order valence-corrected chi connectivity index (χ1v) is 40.1. The van der Waals surface area contributed by atoms with Crippen LogP contribution < -0.4 is 0 Å². The lowest BCUT2D eigenvalue weighted by atomic mass is 10.0. The first-order chi connectivity index (χ1) is 39.2. The van der Waals surface area contributed by atoms with Crippen molar-refractivity contribution in [3.05, 3.63) is 24.6 Å². The van der Waals surface area contributed by atoms with Crippen LogP contribution in [0.5, 0.6) is 0 Å². The van der Waals surface area contributed by atoms with Crippen molar-refractivity contribution < 1.29 is 0 Å². The maximum atomic E-state index is 4.52. The van der Waals surface area contributed by atoms with Crippen LogP contribution in [0.1, 0.15) is 431 Å². The Morgan fingerprint density at radius 1 is 0.203 bits per heavy atom. The highest BCUT2D eigenvalue weighted by molar-refractivity contribution is 8.03. The SMILES string of the molecule is [CH2]c1cc(SCCCCCCCCCCCCCCCCCCCCCCC)c(SCCCCCCCCCCCCCCCCCCCCCCC)c(SCCCCCCCCCCCCCCCCCCCCCCC)c1. The summed E-state index contributed by atoms with van der Waals surface area (Å²) in [5.41, 5.74) is 1.22. The van der Waals surface area contributed by atoms with Crippen molar-refractivity contribution in [3.8, 4) is 0 Å². The van der Waals surface area contributed by atoms with Crippen LogP contribution in [0.2, 0.25) is 0 Å². The maximum absolute atomic E-state index is 4.52. The Morgan fingerprint density at radius 2 is 0.342 bits per heavy atom. The predicted molar refractivity (Wildman–Crippen MR) is 371 cm³/mol.